The molecule has 11 heavy (non-hydrogen) atoms. The van der Waals surface area contributed by atoms with Crippen molar-refractivity contribution in [2.45, 2.75) is 41.7 Å². The monoisotopic (exact) mass is 173 g/mol. The Morgan fingerprint density at radius 3 is 1.45 bits per heavy atom. The molecule has 0 bridgehead atoms. The lowest BCUT2D eigenvalue weighted by Crippen LogP contribution is -1.85. The SMILES string of the molecule is C.C.CC(C)O.CCO.[2H]CF. The molecule has 0 radical (unpaired) electrons. The van der Waals surface area contributed by atoms with Gasteiger partial charge in [-0.1, -0.05) is 14.9 Å². The molecule has 76 valence electrons. The first-order chi connectivity index (χ1) is 4.56. The summed E-state index contributed by atoms with van der Waals surface area (Å²) in [4.78, 5) is 0. The lowest BCUT2D eigenvalue weighted by Gasteiger charge is -1.80. The molecule has 0 aliphatic rings. The predicted octanol–water partition coefficient (Wildman–Crippen LogP) is 2.24. The van der Waals surface area contributed by atoms with Gasteiger partial charge in [0.05, 0.1) is 8.52 Å². The minimum Gasteiger partial charge on any atom is -0.397 e. The Labute approximate surface area is 72.5 Å². The maximum atomic E-state index is 9.96. The zero-order valence-electron chi connectivity index (χ0n) is 7.26. The van der Waals surface area contributed by atoms with Crippen molar-refractivity contribution in [1.29, 1.82) is 0 Å². The number of hydrogen-bond donors (Lipinski definition) is 2. The van der Waals surface area contributed by atoms with Crippen molar-refractivity contribution < 1.29 is 16.0 Å². The van der Waals surface area contributed by atoms with Gasteiger partial charge in [0, 0.05) is 12.7 Å². The zero-order valence-corrected chi connectivity index (χ0v) is 6.26. The Hall–Kier alpha value is -0.150. The van der Waals surface area contributed by atoms with Crippen LogP contribution in [0.4, 0.5) is 4.39 Å². The summed E-state index contributed by atoms with van der Waals surface area (Å²) in [5.41, 5.74) is 0. The first-order valence-electron chi connectivity index (χ1n) is 3.41. The van der Waals surface area contributed by atoms with Crippen molar-refractivity contribution >= 4 is 0 Å². The summed E-state index contributed by atoms with van der Waals surface area (Å²) in [5.74, 6) is 0. The smallest absolute Gasteiger partial charge is 0.0785 e. The van der Waals surface area contributed by atoms with Crippen LogP contribution in [0.1, 0.15) is 37.0 Å². The van der Waals surface area contributed by atoms with E-state index in [-0.39, 0.29) is 27.6 Å². The van der Waals surface area contributed by atoms with E-state index in [9.17, 15) is 4.39 Å². The second kappa shape index (κ2) is 52.0. The van der Waals surface area contributed by atoms with Crippen molar-refractivity contribution in [2.75, 3.05) is 13.8 Å². The number of aliphatic hydroxyl groups is 2. The third-order valence-corrected chi connectivity index (χ3v) is 0. The molecule has 0 saturated heterocycles. The first-order valence-corrected chi connectivity index (χ1v) is 2.70. The van der Waals surface area contributed by atoms with Crippen LogP contribution in [0.25, 0.3) is 0 Å². The highest BCUT2D eigenvalue weighted by Gasteiger charge is 1.69. The quantitative estimate of drug-likeness (QED) is 0.590. The number of hydrogen-bond acceptors (Lipinski definition) is 2. The second-order valence-corrected chi connectivity index (χ2v) is 1.41. The van der Waals surface area contributed by atoms with Gasteiger partial charge in [-0.3, -0.25) is 4.39 Å². The molecule has 0 heterocycles. The van der Waals surface area contributed by atoms with Crippen molar-refractivity contribution in [3.63, 3.8) is 0 Å². The third-order valence-electron chi connectivity index (χ3n) is 0. The molecule has 2 N–H and O–H groups in total. The van der Waals surface area contributed by atoms with Gasteiger partial charge >= 0.3 is 0 Å². The highest BCUT2D eigenvalue weighted by atomic mass is 19.1. The van der Waals surface area contributed by atoms with Gasteiger partial charge in [0.25, 0.3) is 0 Å². The highest BCUT2D eigenvalue weighted by Crippen LogP contribution is 1.65. The Balaban J connectivity index is -0.0000000191. The van der Waals surface area contributed by atoms with E-state index in [1.807, 2.05) is 0 Å². The molecule has 3 heteroatoms. The minimum absolute atomic E-state index is 0. The van der Waals surface area contributed by atoms with Crippen molar-refractivity contribution in [1.82, 2.24) is 0 Å². The second-order valence-electron chi connectivity index (χ2n) is 1.41. The minimum atomic E-state index is -1.00. The Morgan fingerprint density at radius 1 is 1.45 bits per heavy atom. The molecule has 0 aromatic rings. The highest BCUT2D eigenvalue weighted by molar-refractivity contribution is 4.20. The van der Waals surface area contributed by atoms with E-state index < -0.39 is 7.15 Å². The Bertz CT molecular complexity index is 33.5. The standard InChI is InChI=1S/C3H8O.C2H6O.CH3F.2CH4/c1-3(2)4;1-2-3;1-2;;/h3-4H,1-2H3;3H,2H2,1H3;1H3;2*1H4/i;;1D;;. The van der Waals surface area contributed by atoms with Crippen molar-refractivity contribution in [3.05, 3.63) is 0 Å². The molecule has 2 nitrogen and oxygen atoms in total. The van der Waals surface area contributed by atoms with Gasteiger partial charge in [0.2, 0.25) is 0 Å². The lowest BCUT2D eigenvalue weighted by molar-refractivity contribution is 0.216. The summed E-state index contributed by atoms with van der Waals surface area (Å²) in [6, 6.07) is 0. The van der Waals surface area contributed by atoms with Crippen LogP contribution in [-0.4, -0.2) is 30.1 Å². The van der Waals surface area contributed by atoms with E-state index in [1.54, 1.807) is 20.8 Å². The first kappa shape index (κ1) is 22.4. The number of aliphatic hydroxyl groups excluding tert-OH is 2. The molecule has 0 saturated carbocycles. The number of rotatable bonds is 0. The topological polar surface area (TPSA) is 40.5 Å². The van der Waals surface area contributed by atoms with E-state index in [4.69, 9.17) is 11.6 Å². The van der Waals surface area contributed by atoms with Gasteiger partial charge in [-0.15, -0.1) is 0 Å². The van der Waals surface area contributed by atoms with E-state index in [0.29, 0.717) is 0 Å². The van der Waals surface area contributed by atoms with E-state index >= 15 is 0 Å². The summed E-state index contributed by atoms with van der Waals surface area (Å²) >= 11 is 0. The average Bonchev–Trinajstić information content (AvgIpc) is 1.65. The van der Waals surface area contributed by atoms with E-state index in [1.165, 1.54) is 0 Å². The number of halogens is 1. The molecule has 0 aliphatic carbocycles. The van der Waals surface area contributed by atoms with Crippen molar-refractivity contribution in [2.24, 2.45) is 0 Å². The molecule has 0 atom stereocenters. The van der Waals surface area contributed by atoms with Crippen LogP contribution in [0.2, 0.25) is 0 Å². The van der Waals surface area contributed by atoms with Gasteiger partial charge in [-0.2, -0.15) is 0 Å². The zero-order chi connectivity index (χ0) is 8.99. The molecule has 0 aliphatic heterocycles. The summed E-state index contributed by atoms with van der Waals surface area (Å²) in [7, 11) is -1.00. The van der Waals surface area contributed by atoms with Gasteiger partial charge < -0.3 is 10.2 Å². The van der Waals surface area contributed by atoms with Gasteiger partial charge in [-0.25, -0.2) is 0 Å². The summed E-state index contributed by atoms with van der Waals surface area (Å²) in [5, 5.41) is 15.6. The van der Waals surface area contributed by atoms with Crippen LogP contribution in [0, 0.1) is 0 Å². The molecule has 0 fully saturated rings. The van der Waals surface area contributed by atoms with Crippen molar-refractivity contribution in [3.8, 4) is 0 Å². The molecule has 0 rings (SSSR count). The Kier molecular flexibility index (Phi) is 106. The van der Waals surface area contributed by atoms with Gasteiger partial charge in [0.1, 0.15) is 0 Å². The summed E-state index contributed by atoms with van der Waals surface area (Å²) in [6.07, 6.45) is -0.167. The van der Waals surface area contributed by atoms with Crippen LogP contribution in [0.5, 0.6) is 0 Å². The van der Waals surface area contributed by atoms with Crippen LogP contribution in [-0.2, 0) is 0 Å². The van der Waals surface area contributed by atoms with Gasteiger partial charge in [-0.05, 0) is 20.8 Å². The fourth-order valence-electron chi connectivity index (χ4n) is 0. The maximum Gasteiger partial charge on any atom is 0.0785 e. The molecule has 0 aromatic heterocycles. The predicted molar refractivity (Wildman–Crippen MR) is 50.6 cm³/mol. The summed E-state index contributed by atoms with van der Waals surface area (Å²) < 4.78 is 15.5. The van der Waals surface area contributed by atoms with E-state index in [2.05, 4.69) is 0 Å². The molecule has 0 amide bonds. The summed E-state index contributed by atoms with van der Waals surface area (Å²) in [6.45, 7) is 5.38. The molecule has 0 aromatic carbocycles. The van der Waals surface area contributed by atoms with Crippen LogP contribution < -0.4 is 0 Å². The maximum absolute atomic E-state index is 9.96. The van der Waals surface area contributed by atoms with E-state index in [0.717, 1.165) is 0 Å². The average molecular weight is 173 g/mol. The molecule has 0 spiro atoms. The molecule has 0 unspecified atom stereocenters. The van der Waals surface area contributed by atoms with Crippen LogP contribution in [0.15, 0.2) is 0 Å². The number of alkyl halides is 1. The molecular formula is C8H25FO2. The largest absolute Gasteiger partial charge is 0.397 e. The fourth-order valence-corrected chi connectivity index (χ4v) is 0. The Morgan fingerprint density at radius 2 is 1.45 bits per heavy atom. The van der Waals surface area contributed by atoms with Crippen LogP contribution >= 0.6 is 0 Å². The molecular weight excluding hydrogens is 147 g/mol. The van der Waals surface area contributed by atoms with Crippen LogP contribution in [0.3, 0.4) is 0 Å². The lowest BCUT2D eigenvalue weighted by atomic mass is 10.5. The fraction of sp³-hybridized carbons (Fsp3) is 1.00. The normalized spacial score (nSPS) is 6.64. The third kappa shape index (κ3) is 27000. The van der Waals surface area contributed by atoms with Gasteiger partial charge in [0.15, 0.2) is 0 Å².